The normalized spacial score (nSPS) is 10.7. The number of hydrogen-bond acceptors (Lipinski definition) is 9. The number of nitrogens with one attached hydrogen (secondary N) is 1. The summed E-state index contributed by atoms with van der Waals surface area (Å²) >= 11 is 4.05. The Balaban J connectivity index is 1.74. The number of carbonyl (C=O) groups is 1. The molecule has 0 radical (unpaired) electrons. The van der Waals surface area contributed by atoms with Gasteiger partial charge in [0.05, 0.1) is 4.88 Å². The number of anilines is 1. The van der Waals surface area contributed by atoms with Crippen molar-refractivity contribution in [2.45, 2.75) is 4.34 Å². The van der Waals surface area contributed by atoms with Gasteiger partial charge in [-0.05, 0) is 23.9 Å². The summed E-state index contributed by atoms with van der Waals surface area (Å²) in [7, 11) is 0. The van der Waals surface area contributed by atoms with E-state index in [1.165, 1.54) is 34.6 Å². The van der Waals surface area contributed by atoms with Gasteiger partial charge in [-0.1, -0.05) is 28.3 Å². The van der Waals surface area contributed by atoms with Crippen LogP contribution in [-0.2, 0) is 0 Å². The summed E-state index contributed by atoms with van der Waals surface area (Å²) in [6.45, 7) is 0. The molecule has 3 aromatic rings. The van der Waals surface area contributed by atoms with Crippen molar-refractivity contribution in [2.75, 3.05) is 11.6 Å². The number of carbonyl (C=O) groups excluding carboxylic acids is 1. The Morgan fingerprint density at radius 2 is 2.35 bits per heavy atom. The van der Waals surface area contributed by atoms with Gasteiger partial charge in [-0.25, -0.2) is 4.37 Å². The summed E-state index contributed by atoms with van der Waals surface area (Å²) in [5, 5.41) is 14.6. The fourth-order valence-corrected chi connectivity index (χ4v) is 3.06. The summed E-state index contributed by atoms with van der Waals surface area (Å²) in [5.41, 5.74) is 0.583. The maximum absolute atomic E-state index is 12.0. The molecule has 1 N–H and O–H groups in total. The van der Waals surface area contributed by atoms with E-state index in [0.29, 0.717) is 10.8 Å². The summed E-state index contributed by atoms with van der Waals surface area (Å²) in [4.78, 5) is 12.8. The van der Waals surface area contributed by atoms with Crippen LogP contribution < -0.4 is 5.32 Å². The van der Waals surface area contributed by atoms with E-state index >= 15 is 0 Å². The minimum absolute atomic E-state index is 0.120. The average Bonchev–Trinajstić information content (AvgIpc) is 3.19. The van der Waals surface area contributed by atoms with Gasteiger partial charge >= 0.3 is 0 Å². The molecule has 0 saturated heterocycles. The molecule has 0 aliphatic carbocycles. The predicted octanol–water partition coefficient (Wildman–Crippen LogP) is 2.62. The molecule has 0 spiro atoms. The van der Waals surface area contributed by atoms with Crippen LogP contribution in [0.3, 0.4) is 0 Å². The lowest BCUT2D eigenvalue weighted by molar-refractivity contribution is 0.0988. The highest BCUT2D eigenvalue weighted by atomic mass is 32.2. The second kappa shape index (κ2) is 5.69. The predicted molar refractivity (Wildman–Crippen MR) is 77.3 cm³/mol. The number of aromatic nitrogens is 4. The Kier molecular flexibility index (Phi) is 3.76. The van der Waals surface area contributed by atoms with Crippen LogP contribution in [0.4, 0.5) is 5.13 Å². The van der Waals surface area contributed by atoms with Gasteiger partial charge in [0, 0.05) is 12.3 Å². The molecule has 0 aliphatic rings. The highest BCUT2D eigenvalue weighted by Crippen LogP contribution is 2.25. The maximum atomic E-state index is 12.0. The highest BCUT2D eigenvalue weighted by molar-refractivity contribution is 8.00. The molecular weight excluding hydrogens is 318 g/mol. The first kappa shape index (κ1) is 13.2. The second-order valence-corrected chi connectivity index (χ2v) is 6.35. The van der Waals surface area contributed by atoms with E-state index in [4.69, 9.17) is 4.52 Å². The van der Waals surface area contributed by atoms with Gasteiger partial charge < -0.3 is 4.52 Å². The van der Waals surface area contributed by atoms with Gasteiger partial charge in [-0.15, -0.1) is 10.2 Å². The molecule has 20 heavy (non-hydrogen) atoms. The van der Waals surface area contributed by atoms with Crippen LogP contribution in [0, 0.1) is 0 Å². The molecule has 1 amide bonds. The highest BCUT2D eigenvalue weighted by Gasteiger charge is 2.16. The first-order valence-corrected chi connectivity index (χ1v) is 8.14. The third-order valence-corrected chi connectivity index (χ3v) is 4.81. The van der Waals surface area contributed by atoms with Crippen molar-refractivity contribution in [2.24, 2.45) is 0 Å². The van der Waals surface area contributed by atoms with Gasteiger partial charge in [0.2, 0.25) is 10.9 Å². The van der Waals surface area contributed by atoms with E-state index in [9.17, 15) is 4.79 Å². The molecular formula is C10H7N5O2S3. The largest absolute Gasteiger partial charge is 0.350 e. The first-order valence-electron chi connectivity index (χ1n) is 5.33. The standard InChI is InChI=1S/C10H7N5O2S3/c1-18-10-14-13-9(19-10)12-8(16)6-4-5(15-17-6)7-2-3-11-20-7/h2-4H,1H3,(H,12,13,16). The van der Waals surface area contributed by atoms with E-state index in [-0.39, 0.29) is 5.76 Å². The fraction of sp³-hybridized carbons (Fsp3) is 0.100. The van der Waals surface area contributed by atoms with Crippen LogP contribution >= 0.6 is 34.6 Å². The number of amides is 1. The zero-order valence-electron chi connectivity index (χ0n) is 10.1. The van der Waals surface area contributed by atoms with Crippen molar-refractivity contribution in [3.8, 4) is 10.6 Å². The van der Waals surface area contributed by atoms with Gasteiger partial charge in [-0.2, -0.15) is 0 Å². The average molecular weight is 325 g/mol. The Hall–Kier alpha value is -1.78. The molecule has 0 aromatic carbocycles. The Bertz CT molecular complexity index is 721. The first-order chi connectivity index (χ1) is 9.76. The van der Waals surface area contributed by atoms with E-state index in [1.807, 2.05) is 6.26 Å². The second-order valence-electron chi connectivity index (χ2n) is 3.48. The number of hydrogen-bond donors (Lipinski definition) is 1. The summed E-state index contributed by atoms with van der Waals surface area (Å²) in [6.07, 6.45) is 3.56. The van der Waals surface area contributed by atoms with E-state index < -0.39 is 5.91 Å². The zero-order valence-corrected chi connectivity index (χ0v) is 12.5. The molecule has 3 rings (SSSR count). The molecule has 7 nitrogen and oxygen atoms in total. The van der Waals surface area contributed by atoms with Gasteiger partial charge in [0.25, 0.3) is 5.91 Å². The van der Waals surface area contributed by atoms with Crippen molar-refractivity contribution >= 4 is 45.7 Å². The molecule has 0 fully saturated rings. The third kappa shape index (κ3) is 2.71. The van der Waals surface area contributed by atoms with E-state index in [0.717, 1.165) is 9.22 Å². The van der Waals surface area contributed by atoms with E-state index in [2.05, 4.69) is 25.0 Å². The molecule has 10 heteroatoms. The topological polar surface area (TPSA) is 93.8 Å². The summed E-state index contributed by atoms with van der Waals surface area (Å²) < 4.78 is 9.78. The van der Waals surface area contributed by atoms with Crippen molar-refractivity contribution in [3.63, 3.8) is 0 Å². The minimum Gasteiger partial charge on any atom is -0.350 e. The lowest BCUT2D eigenvalue weighted by Crippen LogP contribution is -2.10. The molecule has 0 bridgehead atoms. The Labute approximate surface area is 125 Å². The lowest BCUT2D eigenvalue weighted by atomic mass is 10.3. The van der Waals surface area contributed by atoms with Gasteiger partial charge in [0.15, 0.2) is 4.34 Å². The quantitative estimate of drug-likeness (QED) is 0.582. The van der Waals surface area contributed by atoms with Crippen molar-refractivity contribution < 1.29 is 9.32 Å². The molecule has 3 heterocycles. The monoisotopic (exact) mass is 325 g/mol. The SMILES string of the molecule is CSc1nnc(NC(=O)c2cc(-c3ccns3)no2)s1. The molecule has 0 aliphatic heterocycles. The van der Waals surface area contributed by atoms with Crippen molar-refractivity contribution in [1.82, 2.24) is 19.7 Å². The van der Waals surface area contributed by atoms with Crippen molar-refractivity contribution in [1.29, 1.82) is 0 Å². The third-order valence-electron chi connectivity index (χ3n) is 2.23. The molecule has 0 atom stereocenters. The van der Waals surface area contributed by atoms with Crippen LogP contribution in [0.2, 0.25) is 0 Å². The van der Waals surface area contributed by atoms with Crippen LogP contribution in [0.5, 0.6) is 0 Å². The smallest absolute Gasteiger partial charge is 0.296 e. The number of thioether (sulfide) groups is 1. The van der Waals surface area contributed by atoms with Crippen LogP contribution in [0.25, 0.3) is 10.6 Å². The molecule has 3 aromatic heterocycles. The molecule has 0 saturated carbocycles. The summed E-state index contributed by atoms with van der Waals surface area (Å²) in [5.74, 6) is -0.286. The van der Waals surface area contributed by atoms with E-state index in [1.54, 1.807) is 18.3 Å². The van der Waals surface area contributed by atoms with Crippen LogP contribution in [0.1, 0.15) is 10.6 Å². The minimum atomic E-state index is -0.405. The fourth-order valence-electron chi connectivity index (χ4n) is 1.35. The Morgan fingerprint density at radius 1 is 1.45 bits per heavy atom. The Morgan fingerprint density at radius 3 is 3.05 bits per heavy atom. The van der Waals surface area contributed by atoms with Gasteiger partial charge in [0.1, 0.15) is 5.69 Å². The van der Waals surface area contributed by atoms with Crippen LogP contribution in [-0.4, -0.2) is 31.9 Å². The zero-order chi connectivity index (χ0) is 13.9. The lowest BCUT2D eigenvalue weighted by Gasteiger charge is -1.94. The molecule has 0 unspecified atom stereocenters. The van der Waals surface area contributed by atoms with Crippen molar-refractivity contribution in [3.05, 3.63) is 24.1 Å². The number of rotatable bonds is 4. The van der Waals surface area contributed by atoms with Gasteiger partial charge in [-0.3, -0.25) is 10.1 Å². The summed E-state index contributed by atoms with van der Waals surface area (Å²) in [6, 6.07) is 3.37. The number of nitrogens with zero attached hydrogens (tertiary/aromatic N) is 4. The molecule has 102 valence electrons. The maximum Gasteiger partial charge on any atom is 0.296 e. The van der Waals surface area contributed by atoms with Crippen LogP contribution in [0.15, 0.2) is 27.2 Å².